The topological polar surface area (TPSA) is 40.5 Å². The van der Waals surface area contributed by atoms with Gasteiger partial charge in [0.1, 0.15) is 5.75 Å². The Bertz CT molecular complexity index is 1070. The maximum atomic E-state index is 13.6. The molecule has 0 heterocycles. The molecule has 0 saturated carbocycles. The van der Waals surface area contributed by atoms with E-state index in [-0.39, 0.29) is 9.92 Å². The van der Waals surface area contributed by atoms with Crippen molar-refractivity contribution in [1.82, 2.24) is 0 Å². The van der Waals surface area contributed by atoms with Crippen LogP contribution in [0, 0.1) is 0 Å². The van der Waals surface area contributed by atoms with Crippen LogP contribution in [0.5, 0.6) is 5.75 Å². The summed E-state index contributed by atoms with van der Waals surface area (Å²) >= 11 is 5.82. The standard InChI is InChI=1S/C21H12ClF6NO2/c22-12-9-10-18(30)13(11-12)19(31)29(16-7-3-1-5-14(16)20(23,24)25)17-8-4-2-6-15(17)21(26,27)28/h1-11,30H. The summed E-state index contributed by atoms with van der Waals surface area (Å²) in [5.74, 6) is -1.98. The number of hydrogen-bond donors (Lipinski definition) is 1. The summed E-state index contributed by atoms with van der Waals surface area (Å²) in [6, 6.07) is 10.6. The van der Waals surface area contributed by atoms with Crippen molar-refractivity contribution in [2.24, 2.45) is 0 Å². The van der Waals surface area contributed by atoms with E-state index in [1.807, 2.05) is 0 Å². The van der Waals surface area contributed by atoms with Gasteiger partial charge in [-0.25, -0.2) is 0 Å². The van der Waals surface area contributed by atoms with Crippen LogP contribution in [0.2, 0.25) is 5.02 Å². The number of phenolic OH excluding ortho intramolecular Hbond substituents is 1. The number of carbonyl (C=O) groups is 1. The molecule has 3 aromatic rings. The summed E-state index contributed by atoms with van der Waals surface area (Å²) in [7, 11) is 0. The SMILES string of the molecule is O=C(c1cc(Cl)ccc1O)N(c1ccccc1C(F)(F)F)c1ccccc1C(F)(F)F. The Kier molecular flexibility index (Phi) is 5.91. The molecule has 0 radical (unpaired) electrons. The third-order valence-electron chi connectivity index (χ3n) is 4.29. The van der Waals surface area contributed by atoms with E-state index in [1.54, 1.807) is 0 Å². The van der Waals surface area contributed by atoms with Crippen molar-refractivity contribution >= 4 is 28.9 Å². The second-order valence-electron chi connectivity index (χ2n) is 6.33. The lowest BCUT2D eigenvalue weighted by molar-refractivity contribution is -0.137. The van der Waals surface area contributed by atoms with Crippen molar-refractivity contribution in [3.63, 3.8) is 0 Å². The molecule has 1 N–H and O–H groups in total. The third kappa shape index (κ3) is 4.61. The summed E-state index contributed by atoms with van der Waals surface area (Å²) in [6.45, 7) is 0. The molecule has 3 rings (SSSR count). The third-order valence-corrected chi connectivity index (χ3v) is 4.53. The van der Waals surface area contributed by atoms with Crippen molar-refractivity contribution < 1.29 is 36.2 Å². The van der Waals surface area contributed by atoms with Crippen LogP contribution in [-0.2, 0) is 12.4 Å². The van der Waals surface area contributed by atoms with Crippen molar-refractivity contribution in [2.45, 2.75) is 12.4 Å². The Labute approximate surface area is 177 Å². The van der Waals surface area contributed by atoms with Gasteiger partial charge in [-0.3, -0.25) is 9.69 Å². The van der Waals surface area contributed by atoms with Crippen molar-refractivity contribution in [1.29, 1.82) is 0 Å². The van der Waals surface area contributed by atoms with Gasteiger partial charge < -0.3 is 5.11 Å². The summed E-state index contributed by atoms with van der Waals surface area (Å²) in [6.07, 6.45) is -9.95. The minimum absolute atomic E-state index is 0.0469. The molecule has 0 aliphatic carbocycles. The van der Waals surface area contributed by atoms with Gasteiger partial charge in [-0.15, -0.1) is 0 Å². The van der Waals surface area contributed by atoms with Crippen LogP contribution in [0.15, 0.2) is 66.7 Å². The molecule has 0 saturated heterocycles. The molecule has 0 aliphatic heterocycles. The molecule has 0 fully saturated rings. The van der Waals surface area contributed by atoms with E-state index in [9.17, 15) is 36.2 Å². The Morgan fingerprint density at radius 1 is 0.774 bits per heavy atom. The van der Waals surface area contributed by atoms with E-state index < -0.39 is 52.1 Å². The fourth-order valence-electron chi connectivity index (χ4n) is 2.97. The molecule has 3 nitrogen and oxygen atoms in total. The summed E-state index contributed by atoms with van der Waals surface area (Å²) in [5.41, 5.74) is -4.91. The van der Waals surface area contributed by atoms with Gasteiger partial charge in [0.05, 0.1) is 28.1 Å². The average molecular weight is 460 g/mol. The van der Waals surface area contributed by atoms with Crippen molar-refractivity contribution in [2.75, 3.05) is 4.90 Å². The van der Waals surface area contributed by atoms with Crippen LogP contribution in [0.3, 0.4) is 0 Å². The van der Waals surface area contributed by atoms with Gasteiger partial charge in [0.2, 0.25) is 0 Å². The number of para-hydroxylation sites is 2. The largest absolute Gasteiger partial charge is 0.507 e. The number of halogens is 7. The van der Waals surface area contributed by atoms with Gasteiger partial charge in [0.15, 0.2) is 0 Å². The number of nitrogens with zero attached hydrogens (tertiary/aromatic N) is 1. The highest BCUT2D eigenvalue weighted by atomic mass is 35.5. The predicted molar refractivity (Wildman–Crippen MR) is 102 cm³/mol. The Balaban J connectivity index is 2.35. The summed E-state index contributed by atoms with van der Waals surface area (Å²) in [4.78, 5) is 13.5. The van der Waals surface area contributed by atoms with Crippen molar-refractivity contribution in [3.05, 3.63) is 88.4 Å². The van der Waals surface area contributed by atoms with Crippen molar-refractivity contribution in [3.8, 4) is 5.75 Å². The molecule has 10 heteroatoms. The molecule has 0 aromatic heterocycles. The summed E-state index contributed by atoms with van der Waals surface area (Å²) < 4.78 is 81.8. The zero-order chi connectivity index (χ0) is 23.0. The zero-order valence-electron chi connectivity index (χ0n) is 15.3. The molecule has 0 atom stereocenters. The van der Waals surface area contributed by atoms with E-state index in [1.165, 1.54) is 6.07 Å². The maximum Gasteiger partial charge on any atom is 0.418 e. The number of rotatable bonds is 3. The molecule has 31 heavy (non-hydrogen) atoms. The number of benzene rings is 3. The smallest absolute Gasteiger partial charge is 0.418 e. The second kappa shape index (κ2) is 8.14. The highest BCUT2D eigenvalue weighted by Gasteiger charge is 2.40. The molecule has 0 aliphatic rings. The van der Waals surface area contributed by atoms with Crippen LogP contribution >= 0.6 is 11.6 Å². The zero-order valence-corrected chi connectivity index (χ0v) is 16.1. The monoisotopic (exact) mass is 459 g/mol. The van der Waals surface area contributed by atoms with Gasteiger partial charge in [0, 0.05) is 5.02 Å². The maximum absolute atomic E-state index is 13.6. The van der Waals surface area contributed by atoms with E-state index >= 15 is 0 Å². The number of alkyl halides is 6. The van der Waals surface area contributed by atoms with Crippen LogP contribution in [0.25, 0.3) is 0 Å². The Hall–Kier alpha value is -3.20. The van der Waals surface area contributed by atoms with E-state index in [0.29, 0.717) is 12.1 Å². The number of phenols is 1. The first kappa shape index (κ1) is 22.5. The molecule has 0 unspecified atom stereocenters. The second-order valence-corrected chi connectivity index (χ2v) is 6.77. The molecular formula is C21H12ClF6NO2. The predicted octanol–water partition coefficient (Wildman–Crippen LogP) is 7.06. The Morgan fingerprint density at radius 2 is 1.23 bits per heavy atom. The van der Waals surface area contributed by atoms with Gasteiger partial charge in [-0.1, -0.05) is 35.9 Å². The number of amides is 1. The van der Waals surface area contributed by atoms with E-state index in [2.05, 4.69) is 0 Å². The first-order valence-electron chi connectivity index (χ1n) is 8.56. The molecule has 1 amide bonds. The minimum Gasteiger partial charge on any atom is -0.507 e. The lowest BCUT2D eigenvalue weighted by Gasteiger charge is -2.28. The van der Waals surface area contributed by atoms with Crippen LogP contribution in [0.4, 0.5) is 37.7 Å². The van der Waals surface area contributed by atoms with Crippen LogP contribution < -0.4 is 4.90 Å². The Morgan fingerprint density at radius 3 is 1.68 bits per heavy atom. The lowest BCUT2D eigenvalue weighted by Crippen LogP contribution is -2.30. The van der Waals surface area contributed by atoms with Gasteiger partial charge in [0.25, 0.3) is 5.91 Å². The normalized spacial score (nSPS) is 12.0. The number of carbonyl (C=O) groups excluding carboxylic acids is 1. The first-order valence-corrected chi connectivity index (χ1v) is 8.94. The number of anilines is 2. The minimum atomic E-state index is -4.97. The summed E-state index contributed by atoms with van der Waals surface area (Å²) in [5, 5.41) is 10.0. The quantitative estimate of drug-likeness (QED) is 0.426. The highest BCUT2D eigenvalue weighted by molar-refractivity contribution is 6.31. The molecule has 162 valence electrons. The van der Waals surface area contributed by atoms with Gasteiger partial charge in [-0.05, 0) is 42.5 Å². The number of aromatic hydroxyl groups is 1. The van der Waals surface area contributed by atoms with E-state index in [0.717, 1.165) is 48.5 Å². The molecule has 3 aromatic carbocycles. The first-order chi connectivity index (χ1) is 14.4. The van der Waals surface area contributed by atoms with Gasteiger partial charge in [-0.2, -0.15) is 26.3 Å². The average Bonchev–Trinajstić information content (AvgIpc) is 2.69. The van der Waals surface area contributed by atoms with Gasteiger partial charge >= 0.3 is 12.4 Å². The molecule has 0 bridgehead atoms. The van der Waals surface area contributed by atoms with E-state index in [4.69, 9.17) is 11.6 Å². The fourth-order valence-corrected chi connectivity index (χ4v) is 3.14. The lowest BCUT2D eigenvalue weighted by atomic mass is 10.0. The highest BCUT2D eigenvalue weighted by Crippen LogP contribution is 2.44. The molecular weight excluding hydrogens is 448 g/mol. The molecule has 0 spiro atoms. The van der Waals surface area contributed by atoms with Crippen LogP contribution in [0.1, 0.15) is 21.5 Å². The van der Waals surface area contributed by atoms with Crippen LogP contribution in [-0.4, -0.2) is 11.0 Å². The number of hydrogen-bond acceptors (Lipinski definition) is 2. The fraction of sp³-hybridized carbons (Fsp3) is 0.0952.